The predicted octanol–water partition coefficient (Wildman–Crippen LogP) is 3.10. The van der Waals surface area contributed by atoms with E-state index in [1.807, 2.05) is 6.07 Å². The molecule has 0 aliphatic carbocycles. The standard InChI is InChI=1S/C14H16N2O2S/c1-3-11-4-5-12(19-11)9-16-10-6-7-15-13(8-10)14(17)18-2/h4-8H,3,9H2,1-2H3,(H,15,16). The summed E-state index contributed by atoms with van der Waals surface area (Å²) in [5.74, 6) is -0.423. The van der Waals surface area contributed by atoms with Gasteiger partial charge in [0.15, 0.2) is 0 Å². The first kappa shape index (κ1) is 13.5. The highest BCUT2D eigenvalue weighted by Crippen LogP contribution is 2.18. The van der Waals surface area contributed by atoms with Crippen molar-refractivity contribution in [2.45, 2.75) is 19.9 Å². The number of hydrogen-bond acceptors (Lipinski definition) is 5. The van der Waals surface area contributed by atoms with Crippen molar-refractivity contribution < 1.29 is 9.53 Å². The van der Waals surface area contributed by atoms with Gasteiger partial charge in [-0.05, 0) is 30.7 Å². The highest BCUT2D eigenvalue weighted by Gasteiger charge is 2.07. The second kappa shape index (κ2) is 6.33. The van der Waals surface area contributed by atoms with Gasteiger partial charge in [-0.3, -0.25) is 0 Å². The first-order chi connectivity index (χ1) is 9.22. The van der Waals surface area contributed by atoms with Gasteiger partial charge in [0.25, 0.3) is 0 Å². The molecule has 0 fully saturated rings. The smallest absolute Gasteiger partial charge is 0.356 e. The molecule has 2 aromatic rings. The third kappa shape index (κ3) is 3.54. The molecule has 0 amide bonds. The van der Waals surface area contributed by atoms with Crippen molar-refractivity contribution in [2.75, 3.05) is 12.4 Å². The minimum atomic E-state index is -0.423. The van der Waals surface area contributed by atoms with Crippen molar-refractivity contribution in [3.05, 3.63) is 45.9 Å². The predicted molar refractivity (Wildman–Crippen MR) is 76.6 cm³/mol. The van der Waals surface area contributed by atoms with E-state index in [0.717, 1.165) is 18.7 Å². The molecular weight excluding hydrogens is 260 g/mol. The van der Waals surface area contributed by atoms with Crippen LogP contribution in [0.15, 0.2) is 30.5 Å². The fourth-order valence-electron chi connectivity index (χ4n) is 1.65. The number of nitrogens with zero attached hydrogens (tertiary/aromatic N) is 1. The van der Waals surface area contributed by atoms with Crippen LogP contribution < -0.4 is 5.32 Å². The van der Waals surface area contributed by atoms with Crippen LogP contribution in [0, 0.1) is 0 Å². The van der Waals surface area contributed by atoms with Gasteiger partial charge in [-0.2, -0.15) is 0 Å². The second-order valence-corrected chi connectivity index (χ2v) is 5.25. The molecule has 2 heterocycles. The number of carbonyl (C=O) groups excluding carboxylic acids is 1. The third-order valence-corrected chi connectivity index (χ3v) is 3.92. The van der Waals surface area contributed by atoms with Gasteiger partial charge in [-0.25, -0.2) is 9.78 Å². The van der Waals surface area contributed by atoms with Crippen LogP contribution in [0.4, 0.5) is 5.69 Å². The van der Waals surface area contributed by atoms with Crippen LogP contribution in [0.25, 0.3) is 0 Å². The van der Waals surface area contributed by atoms with Gasteiger partial charge in [0.2, 0.25) is 0 Å². The summed E-state index contributed by atoms with van der Waals surface area (Å²) in [6.07, 6.45) is 2.66. The fraction of sp³-hybridized carbons (Fsp3) is 0.286. The Morgan fingerprint density at radius 1 is 1.37 bits per heavy atom. The maximum absolute atomic E-state index is 11.4. The van der Waals surface area contributed by atoms with Crippen LogP contribution in [0.1, 0.15) is 27.2 Å². The number of esters is 1. The van der Waals surface area contributed by atoms with E-state index in [9.17, 15) is 4.79 Å². The lowest BCUT2D eigenvalue weighted by Gasteiger charge is -2.05. The average molecular weight is 276 g/mol. The molecule has 4 nitrogen and oxygen atoms in total. The number of carbonyl (C=O) groups is 1. The van der Waals surface area contributed by atoms with Crippen molar-refractivity contribution in [3.63, 3.8) is 0 Å². The van der Waals surface area contributed by atoms with Crippen molar-refractivity contribution in [1.29, 1.82) is 0 Å². The van der Waals surface area contributed by atoms with Crippen molar-refractivity contribution >= 4 is 23.0 Å². The van der Waals surface area contributed by atoms with Gasteiger partial charge in [0, 0.05) is 28.2 Å². The number of nitrogens with one attached hydrogen (secondary N) is 1. The molecule has 0 aromatic carbocycles. The number of pyridine rings is 1. The van der Waals surface area contributed by atoms with E-state index in [2.05, 4.69) is 34.1 Å². The van der Waals surface area contributed by atoms with E-state index >= 15 is 0 Å². The zero-order valence-corrected chi connectivity index (χ0v) is 11.8. The molecule has 0 saturated carbocycles. The van der Waals surface area contributed by atoms with Crippen LogP contribution in [-0.4, -0.2) is 18.1 Å². The number of anilines is 1. The van der Waals surface area contributed by atoms with Crippen LogP contribution in [0.3, 0.4) is 0 Å². The summed E-state index contributed by atoms with van der Waals surface area (Å²) in [6, 6.07) is 7.80. The second-order valence-electron chi connectivity index (χ2n) is 4.00. The van der Waals surface area contributed by atoms with E-state index in [-0.39, 0.29) is 0 Å². The van der Waals surface area contributed by atoms with Crippen LogP contribution in [0.2, 0.25) is 0 Å². The quantitative estimate of drug-likeness (QED) is 0.853. The molecular formula is C14H16N2O2S. The van der Waals surface area contributed by atoms with Gasteiger partial charge < -0.3 is 10.1 Å². The Kier molecular flexibility index (Phi) is 4.52. The Labute approximate surface area is 116 Å². The van der Waals surface area contributed by atoms with E-state index in [0.29, 0.717) is 5.69 Å². The molecule has 19 heavy (non-hydrogen) atoms. The van der Waals surface area contributed by atoms with Gasteiger partial charge in [0.05, 0.1) is 7.11 Å². The van der Waals surface area contributed by atoms with Gasteiger partial charge in [0.1, 0.15) is 5.69 Å². The number of aromatic nitrogens is 1. The first-order valence-corrected chi connectivity index (χ1v) is 6.90. The highest BCUT2D eigenvalue weighted by atomic mass is 32.1. The monoisotopic (exact) mass is 276 g/mol. The number of methoxy groups -OCH3 is 1. The molecule has 0 radical (unpaired) electrons. The normalized spacial score (nSPS) is 10.2. The van der Waals surface area contributed by atoms with Crippen molar-refractivity contribution in [1.82, 2.24) is 4.98 Å². The summed E-state index contributed by atoms with van der Waals surface area (Å²) in [6.45, 7) is 2.89. The van der Waals surface area contributed by atoms with Gasteiger partial charge >= 0.3 is 5.97 Å². The van der Waals surface area contributed by atoms with E-state index in [1.54, 1.807) is 23.6 Å². The van der Waals surface area contributed by atoms with Crippen molar-refractivity contribution in [2.24, 2.45) is 0 Å². The number of rotatable bonds is 5. The Morgan fingerprint density at radius 2 is 2.16 bits per heavy atom. The summed E-state index contributed by atoms with van der Waals surface area (Å²) in [4.78, 5) is 18.0. The molecule has 1 N–H and O–H groups in total. The third-order valence-electron chi connectivity index (χ3n) is 2.69. The van der Waals surface area contributed by atoms with Crippen molar-refractivity contribution in [3.8, 4) is 0 Å². The lowest BCUT2D eigenvalue weighted by atomic mass is 10.3. The molecule has 0 saturated heterocycles. The molecule has 100 valence electrons. The zero-order chi connectivity index (χ0) is 13.7. The summed E-state index contributed by atoms with van der Waals surface area (Å²) < 4.78 is 4.64. The fourth-order valence-corrected chi connectivity index (χ4v) is 2.55. The molecule has 0 unspecified atom stereocenters. The Morgan fingerprint density at radius 3 is 2.84 bits per heavy atom. The SMILES string of the molecule is CCc1ccc(CNc2ccnc(C(=O)OC)c2)s1. The summed E-state index contributed by atoms with van der Waals surface area (Å²) in [5.41, 5.74) is 1.18. The Hall–Kier alpha value is -1.88. The topological polar surface area (TPSA) is 51.2 Å². The van der Waals surface area contributed by atoms with Crippen LogP contribution >= 0.6 is 11.3 Å². The largest absolute Gasteiger partial charge is 0.464 e. The maximum atomic E-state index is 11.4. The average Bonchev–Trinajstić information content (AvgIpc) is 2.92. The van der Waals surface area contributed by atoms with Gasteiger partial charge in [-0.15, -0.1) is 11.3 Å². The van der Waals surface area contributed by atoms with E-state index in [1.165, 1.54) is 16.9 Å². The summed E-state index contributed by atoms with van der Waals surface area (Å²) in [5, 5.41) is 3.28. The molecule has 2 rings (SSSR count). The lowest BCUT2D eigenvalue weighted by molar-refractivity contribution is 0.0594. The number of aryl methyl sites for hydroxylation is 1. The molecule has 0 aliphatic heterocycles. The Bertz CT molecular complexity index is 566. The van der Waals surface area contributed by atoms with E-state index < -0.39 is 5.97 Å². The molecule has 2 aromatic heterocycles. The minimum Gasteiger partial charge on any atom is -0.464 e. The lowest BCUT2D eigenvalue weighted by Crippen LogP contribution is -2.05. The molecule has 5 heteroatoms. The van der Waals surface area contributed by atoms with Gasteiger partial charge in [-0.1, -0.05) is 6.92 Å². The maximum Gasteiger partial charge on any atom is 0.356 e. The molecule has 0 spiro atoms. The molecule has 0 aliphatic rings. The first-order valence-electron chi connectivity index (χ1n) is 6.08. The number of hydrogen-bond donors (Lipinski definition) is 1. The Balaban J connectivity index is 2.01. The zero-order valence-electron chi connectivity index (χ0n) is 11.0. The number of ether oxygens (including phenoxy) is 1. The minimum absolute atomic E-state index is 0.313. The van der Waals surface area contributed by atoms with Crippen LogP contribution in [0.5, 0.6) is 0 Å². The van der Waals surface area contributed by atoms with Crippen LogP contribution in [-0.2, 0) is 17.7 Å². The summed E-state index contributed by atoms with van der Waals surface area (Å²) >= 11 is 1.80. The molecule has 0 bridgehead atoms. The number of thiophene rings is 1. The molecule has 0 atom stereocenters. The van der Waals surface area contributed by atoms with E-state index in [4.69, 9.17) is 0 Å². The summed E-state index contributed by atoms with van der Waals surface area (Å²) in [7, 11) is 1.35. The highest BCUT2D eigenvalue weighted by molar-refractivity contribution is 7.12.